The van der Waals surface area contributed by atoms with Crippen molar-refractivity contribution in [1.29, 1.82) is 0 Å². The van der Waals surface area contributed by atoms with Crippen LogP contribution in [0.2, 0.25) is 0 Å². The zero-order valence-corrected chi connectivity index (χ0v) is 25.2. The maximum absolute atomic E-state index is 7.31. The lowest BCUT2D eigenvalue weighted by Gasteiger charge is -2.11. The molecule has 10 rings (SSSR count). The molecule has 218 valence electrons. The predicted octanol–water partition coefficient (Wildman–Crippen LogP) is 12.0. The summed E-state index contributed by atoms with van der Waals surface area (Å²) < 4.78 is 11.4. The molecule has 0 amide bonds. The van der Waals surface area contributed by atoms with Crippen molar-refractivity contribution in [1.82, 2.24) is 9.13 Å². The van der Waals surface area contributed by atoms with Crippen LogP contribution in [0.3, 0.4) is 0 Å². The summed E-state index contributed by atoms with van der Waals surface area (Å²) in [6, 6.07) is 53.1. The van der Waals surface area contributed by atoms with Crippen LogP contribution < -0.4 is 0 Å². The van der Waals surface area contributed by atoms with Gasteiger partial charge in [-0.15, -0.1) is 0 Å². The molecule has 4 nitrogen and oxygen atoms in total. The molecule has 0 saturated carbocycles. The lowest BCUT2D eigenvalue weighted by Crippen LogP contribution is -1.95. The van der Waals surface area contributed by atoms with Gasteiger partial charge in [-0.2, -0.15) is 0 Å². The largest absolute Gasteiger partial charge is 0.455 e. The summed E-state index contributed by atoms with van der Waals surface area (Å²) in [5.41, 5.74) is 11.4. The highest BCUT2D eigenvalue weighted by Crippen LogP contribution is 2.45. The molecule has 0 saturated heterocycles. The number of hydrogen-bond donors (Lipinski definition) is 0. The second-order valence-corrected chi connectivity index (χ2v) is 12.0. The zero-order chi connectivity index (χ0) is 31.1. The first kappa shape index (κ1) is 25.7. The fourth-order valence-corrected chi connectivity index (χ4v) is 7.48. The monoisotopic (exact) mass is 599 g/mol. The number of aromatic nitrogens is 2. The Bertz CT molecular complexity index is 2880. The molecule has 3 heterocycles. The number of fused-ring (bicyclic) bond motifs is 11. The molecular formula is C43H25N3O. The second kappa shape index (κ2) is 9.71. The van der Waals surface area contributed by atoms with Crippen LogP contribution in [0.1, 0.15) is 0 Å². The molecule has 0 radical (unpaired) electrons. The molecule has 0 unspecified atom stereocenters. The van der Waals surface area contributed by atoms with Gasteiger partial charge < -0.3 is 13.6 Å². The van der Waals surface area contributed by atoms with Crippen LogP contribution in [0.4, 0.5) is 5.69 Å². The average molecular weight is 600 g/mol. The molecule has 4 heteroatoms. The van der Waals surface area contributed by atoms with Gasteiger partial charge in [-0.05, 0) is 71.8 Å². The molecule has 0 aliphatic heterocycles. The van der Waals surface area contributed by atoms with Gasteiger partial charge in [-0.25, -0.2) is 4.85 Å². The first-order chi connectivity index (χ1) is 23.3. The first-order valence-electron chi connectivity index (χ1n) is 15.7. The van der Waals surface area contributed by atoms with Crippen molar-refractivity contribution in [2.45, 2.75) is 0 Å². The van der Waals surface area contributed by atoms with E-state index >= 15 is 0 Å². The molecule has 0 bridgehead atoms. The Balaban J connectivity index is 1.35. The van der Waals surface area contributed by atoms with Crippen molar-refractivity contribution in [3.8, 4) is 22.5 Å². The summed E-state index contributed by atoms with van der Waals surface area (Å²) in [5, 5.41) is 6.94. The standard InChI is InChI=1S/C43H25N3O/c1-44-29-19-15-27(16-20-29)28-17-21-31(22-18-28)46-38-25-23-33-32-11-6-8-14-39(32)47-43(33)41(38)35-24-26-37-40(42(35)46)34-12-5-7-13-36(34)45(37)30-9-3-2-4-10-30/h2-26H. The molecule has 0 atom stereocenters. The summed E-state index contributed by atoms with van der Waals surface area (Å²) in [6.45, 7) is 7.31. The Hall–Kier alpha value is -6.57. The number of hydrogen-bond acceptors (Lipinski definition) is 1. The highest BCUT2D eigenvalue weighted by atomic mass is 16.3. The van der Waals surface area contributed by atoms with Crippen LogP contribution in [0.15, 0.2) is 156 Å². The van der Waals surface area contributed by atoms with Gasteiger partial charge >= 0.3 is 0 Å². The SMILES string of the molecule is [C-]#[N+]c1ccc(-c2ccc(-n3c4ccc5c6ccccc6oc5c4c4ccc5c(c6ccccc6n5-c5ccccc5)c43)cc2)cc1. The number of benzene rings is 7. The molecular weight excluding hydrogens is 574 g/mol. The Morgan fingerprint density at radius 3 is 1.83 bits per heavy atom. The molecule has 10 aromatic rings. The molecule has 0 spiro atoms. The third kappa shape index (κ3) is 3.63. The van der Waals surface area contributed by atoms with Gasteiger partial charge in [0.25, 0.3) is 0 Å². The Kier molecular flexibility index (Phi) is 5.32. The fraction of sp³-hybridized carbons (Fsp3) is 0. The van der Waals surface area contributed by atoms with Crippen molar-refractivity contribution in [2.75, 3.05) is 0 Å². The minimum Gasteiger partial charge on any atom is -0.455 e. The minimum absolute atomic E-state index is 0.645. The Labute approximate surface area is 269 Å². The van der Waals surface area contributed by atoms with Crippen LogP contribution >= 0.6 is 0 Å². The van der Waals surface area contributed by atoms with E-state index in [0.29, 0.717) is 5.69 Å². The maximum atomic E-state index is 7.31. The van der Waals surface area contributed by atoms with E-state index in [0.717, 1.165) is 71.8 Å². The highest BCUT2D eigenvalue weighted by Gasteiger charge is 2.23. The molecule has 7 aromatic carbocycles. The van der Waals surface area contributed by atoms with Crippen molar-refractivity contribution in [3.63, 3.8) is 0 Å². The molecule has 0 aliphatic rings. The topological polar surface area (TPSA) is 27.4 Å². The van der Waals surface area contributed by atoms with Crippen molar-refractivity contribution in [3.05, 3.63) is 163 Å². The van der Waals surface area contributed by atoms with E-state index in [9.17, 15) is 0 Å². The van der Waals surface area contributed by atoms with Gasteiger partial charge in [0, 0.05) is 38.3 Å². The van der Waals surface area contributed by atoms with E-state index in [-0.39, 0.29) is 0 Å². The molecule has 3 aromatic heterocycles. The van der Waals surface area contributed by atoms with Crippen LogP contribution in [0, 0.1) is 6.57 Å². The number of rotatable bonds is 3. The number of furan rings is 1. The summed E-state index contributed by atoms with van der Waals surface area (Å²) in [7, 11) is 0. The van der Waals surface area contributed by atoms with Gasteiger partial charge in [0.15, 0.2) is 5.69 Å². The van der Waals surface area contributed by atoms with E-state index in [1.54, 1.807) is 0 Å². The average Bonchev–Trinajstić information content (AvgIpc) is 3.79. The first-order valence-corrected chi connectivity index (χ1v) is 15.7. The minimum atomic E-state index is 0.645. The van der Waals surface area contributed by atoms with E-state index < -0.39 is 0 Å². The predicted molar refractivity (Wildman–Crippen MR) is 194 cm³/mol. The van der Waals surface area contributed by atoms with Gasteiger partial charge in [-0.3, -0.25) is 0 Å². The van der Waals surface area contributed by atoms with E-state index in [4.69, 9.17) is 11.0 Å². The second-order valence-electron chi connectivity index (χ2n) is 12.0. The smallest absolute Gasteiger partial charge is 0.187 e. The summed E-state index contributed by atoms with van der Waals surface area (Å²) in [6.07, 6.45) is 0. The highest BCUT2D eigenvalue weighted by molar-refractivity contribution is 6.30. The quantitative estimate of drug-likeness (QED) is 0.186. The molecule has 0 N–H and O–H groups in total. The van der Waals surface area contributed by atoms with Gasteiger partial charge in [0.2, 0.25) is 0 Å². The molecule has 47 heavy (non-hydrogen) atoms. The van der Waals surface area contributed by atoms with Gasteiger partial charge in [0.1, 0.15) is 11.2 Å². The summed E-state index contributed by atoms with van der Waals surface area (Å²) >= 11 is 0. The van der Waals surface area contributed by atoms with Crippen LogP contribution in [0.5, 0.6) is 0 Å². The van der Waals surface area contributed by atoms with Crippen LogP contribution in [-0.2, 0) is 0 Å². The van der Waals surface area contributed by atoms with E-state index in [2.05, 4.69) is 135 Å². The lowest BCUT2D eigenvalue weighted by atomic mass is 10.0. The lowest BCUT2D eigenvalue weighted by molar-refractivity contribution is 0.673. The van der Waals surface area contributed by atoms with Gasteiger partial charge in [-0.1, -0.05) is 91.0 Å². The Morgan fingerprint density at radius 2 is 1.06 bits per heavy atom. The number of para-hydroxylation sites is 3. The number of nitrogens with zero attached hydrogens (tertiary/aromatic N) is 3. The molecule has 0 aliphatic carbocycles. The fourth-order valence-electron chi connectivity index (χ4n) is 7.48. The zero-order valence-electron chi connectivity index (χ0n) is 25.2. The van der Waals surface area contributed by atoms with Crippen LogP contribution in [0.25, 0.3) is 92.9 Å². The molecule has 0 fully saturated rings. The van der Waals surface area contributed by atoms with Crippen molar-refractivity contribution in [2.24, 2.45) is 0 Å². The van der Waals surface area contributed by atoms with E-state index in [1.807, 2.05) is 30.3 Å². The van der Waals surface area contributed by atoms with Crippen LogP contribution in [-0.4, -0.2) is 9.13 Å². The van der Waals surface area contributed by atoms with Crippen molar-refractivity contribution >= 4 is 71.2 Å². The normalized spacial score (nSPS) is 11.8. The third-order valence-corrected chi connectivity index (χ3v) is 9.54. The third-order valence-electron chi connectivity index (χ3n) is 9.54. The summed E-state index contributed by atoms with van der Waals surface area (Å²) in [5.74, 6) is 0. The summed E-state index contributed by atoms with van der Waals surface area (Å²) in [4.78, 5) is 3.55. The Morgan fingerprint density at radius 1 is 0.447 bits per heavy atom. The maximum Gasteiger partial charge on any atom is 0.187 e. The van der Waals surface area contributed by atoms with Crippen molar-refractivity contribution < 1.29 is 4.42 Å². The van der Waals surface area contributed by atoms with Gasteiger partial charge in [0.05, 0.1) is 34.0 Å². The van der Waals surface area contributed by atoms with E-state index in [1.165, 1.54) is 16.3 Å².